The van der Waals surface area contributed by atoms with Gasteiger partial charge in [0.15, 0.2) is 0 Å². The van der Waals surface area contributed by atoms with Gasteiger partial charge in [-0.1, -0.05) is 30.0 Å². The fraction of sp³-hybridized carbons (Fsp3) is 0.250. The van der Waals surface area contributed by atoms with Crippen LogP contribution in [0.3, 0.4) is 0 Å². The van der Waals surface area contributed by atoms with Gasteiger partial charge in [0.1, 0.15) is 17.4 Å². The third-order valence-corrected chi connectivity index (χ3v) is 6.18. The highest BCUT2D eigenvalue weighted by Crippen LogP contribution is 2.40. The number of carbonyl (C=O) groups is 3. The summed E-state index contributed by atoms with van der Waals surface area (Å²) in [4.78, 5) is 37.8. The molecule has 176 valence electrons. The number of rotatable bonds is 8. The molecule has 0 saturated carbocycles. The largest absolute Gasteiger partial charge is 0.497 e. The van der Waals surface area contributed by atoms with Gasteiger partial charge in [0.25, 0.3) is 0 Å². The van der Waals surface area contributed by atoms with Crippen LogP contribution in [0.2, 0.25) is 0 Å². The molecule has 1 heterocycles. The average molecular weight is 482 g/mol. The van der Waals surface area contributed by atoms with Crippen LogP contribution >= 0.6 is 11.8 Å². The second-order valence-electron chi connectivity index (χ2n) is 7.16. The molecule has 10 heteroatoms. The molecule has 0 fully saturated rings. The van der Waals surface area contributed by atoms with E-state index >= 15 is 0 Å². The molecular formula is C24H23N3O6S. The topological polar surface area (TPSA) is 127 Å². The van der Waals surface area contributed by atoms with Crippen LogP contribution in [0.5, 0.6) is 11.5 Å². The van der Waals surface area contributed by atoms with Crippen molar-refractivity contribution in [1.82, 2.24) is 5.32 Å². The van der Waals surface area contributed by atoms with Gasteiger partial charge >= 0.3 is 5.97 Å². The number of amides is 2. The molecule has 0 aliphatic carbocycles. The predicted molar refractivity (Wildman–Crippen MR) is 126 cm³/mol. The van der Waals surface area contributed by atoms with Crippen molar-refractivity contribution in [2.24, 2.45) is 5.92 Å². The first-order valence-electron chi connectivity index (χ1n) is 10.2. The first-order valence-corrected chi connectivity index (χ1v) is 11.1. The van der Waals surface area contributed by atoms with Gasteiger partial charge in [-0.05, 0) is 29.8 Å². The van der Waals surface area contributed by atoms with Crippen molar-refractivity contribution in [3.05, 3.63) is 64.7 Å². The number of hydrogen-bond donors (Lipinski definition) is 2. The third-order valence-electron chi connectivity index (χ3n) is 5.16. The summed E-state index contributed by atoms with van der Waals surface area (Å²) < 4.78 is 15.1. The van der Waals surface area contributed by atoms with Gasteiger partial charge in [-0.25, -0.2) is 0 Å². The Morgan fingerprint density at radius 2 is 1.79 bits per heavy atom. The van der Waals surface area contributed by atoms with Gasteiger partial charge in [-0.2, -0.15) is 5.26 Å². The number of nitrogens with one attached hydrogen (secondary N) is 2. The number of allylic oxidation sites excluding steroid dienone is 1. The summed E-state index contributed by atoms with van der Waals surface area (Å²) in [5.41, 5.74) is 1.29. The monoisotopic (exact) mass is 481 g/mol. The van der Waals surface area contributed by atoms with Crippen molar-refractivity contribution in [3.63, 3.8) is 0 Å². The fourth-order valence-corrected chi connectivity index (χ4v) is 4.37. The van der Waals surface area contributed by atoms with Gasteiger partial charge in [0.2, 0.25) is 11.8 Å². The van der Waals surface area contributed by atoms with Gasteiger partial charge in [0.05, 0.1) is 43.8 Å². The zero-order valence-corrected chi connectivity index (χ0v) is 19.6. The van der Waals surface area contributed by atoms with Gasteiger partial charge in [0, 0.05) is 17.7 Å². The van der Waals surface area contributed by atoms with E-state index in [1.807, 2.05) is 0 Å². The third kappa shape index (κ3) is 5.50. The molecule has 2 N–H and O–H groups in total. The van der Waals surface area contributed by atoms with Gasteiger partial charge in [-0.3, -0.25) is 14.4 Å². The Bertz CT molecular complexity index is 1160. The molecule has 1 aliphatic heterocycles. The Morgan fingerprint density at radius 1 is 1.09 bits per heavy atom. The van der Waals surface area contributed by atoms with Crippen LogP contribution in [-0.2, 0) is 19.1 Å². The quantitative estimate of drug-likeness (QED) is 0.435. The Morgan fingerprint density at radius 3 is 2.41 bits per heavy atom. The number of benzene rings is 2. The number of hydrogen-bond acceptors (Lipinski definition) is 8. The Hall–Kier alpha value is -3.97. The predicted octanol–water partition coefficient (Wildman–Crippen LogP) is 2.81. The molecule has 2 amide bonds. The van der Waals surface area contributed by atoms with E-state index in [1.165, 1.54) is 21.3 Å². The van der Waals surface area contributed by atoms with E-state index in [4.69, 9.17) is 14.2 Å². The highest BCUT2D eigenvalue weighted by molar-refractivity contribution is 8.03. The van der Waals surface area contributed by atoms with Gasteiger partial charge < -0.3 is 24.8 Å². The van der Waals surface area contributed by atoms with Crippen LogP contribution in [-0.4, -0.2) is 44.9 Å². The maximum Gasteiger partial charge on any atom is 0.319 e. The number of nitrogens with zero attached hydrogens (tertiary/aromatic N) is 1. The Balaban J connectivity index is 1.87. The lowest BCUT2D eigenvalue weighted by atomic mass is 9.78. The summed E-state index contributed by atoms with van der Waals surface area (Å²) in [5.74, 6) is -2.72. The number of nitriles is 1. The summed E-state index contributed by atoms with van der Waals surface area (Å²) in [6.45, 7) is 0. The van der Waals surface area contributed by atoms with E-state index in [2.05, 4.69) is 16.7 Å². The molecule has 0 aromatic heterocycles. The normalized spacial score (nSPS) is 17.3. The molecule has 2 atom stereocenters. The van der Waals surface area contributed by atoms with Crippen LogP contribution in [0.1, 0.15) is 11.5 Å². The number of esters is 1. The highest BCUT2D eigenvalue weighted by atomic mass is 32.2. The molecule has 2 aromatic carbocycles. The molecule has 1 aliphatic rings. The maximum absolute atomic E-state index is 12.9. The smallest absolute Gasteiger partial charge is 0.319 e. The van der Waals surface area contributed by atoms with Crippen molar-refractivity contribution in [2.45, 2.75) is 5.92 Å². The summed E-state index contributed by atoms with van der Waals surface area (Å²) in [5, 5.41) is 15.5. The lowest BCUT2D eigenvalue weighted by Crippen LogP contribution is -2.44. The standard InChI is InChI=1S/C24H23N3O6S/c1-31-16-9-7-14(8-10-16)20-18(12-25)23(27-22(29)21(20)24(30)33-3)34-13-19(28)26-15-5-4-6-17(11-15)32-2/h4-11,20-21H,13H2,1-3H3,(H,26,28)(H,27,29)/t20-,21-/m1/s1. The van der Waals surface area contributed by atoms with Crippen LogP contribution in [0.4, 0.5) is 5.69 Å². The van der Waals surface area contributed by atoms with Crippen molar-refractivity contribution in [2.75, 3.05) is 32.4 Å². The fourth-order valence-electron chi connectivity index (χ4n) is 3.53. The summed E-state index contributed by atoms with van der Waals surface area (Å²) in [6, 6.07) is 15.7. The minimum absolute atomic E-state index is 0.0732. The number of methoxy groups -OCH3 is 3. The molecule has 2 aromatic rings. The van der Waals surface area contributed by atoms with Crippen molar-refractivity contribution >= 4 is 35.2 Å². The zero-order valence-electron chi connectivity index (χ0n) is 18.8. The maximum atomic E-state index is 12.9. The molecule has 34 heavy (non-hydrogen) atoms. The molecule has 0 unspecified atom stereocenters. The lowest BCUT2D eigenvalue weighted by molar-refractivity contribution is -0.150. The number of carbonyl (C=O) groups excluding carboxylic acids is 3. The van der Waals surface area contributed by atoms with Gasteiger partial charge in [-0.15, -0.1) is 0 Å². The van der Waals surface area contributed by atoms with E-state index < -0.39 is 23.7 Å². The molecule has 3 rings (SSSR count). The second-order valence-corrected chi connectivity index (χ2v) is 8.15. The number of thioether (sulfide) groups is 1. The first-order chi connectivity index (χ1) is 16.4. The number of anilines is 1. The van der Waals surface area contributed by atoms with Crippen LogP contribution in [0.25, 0.3) is 0 Å². The summed E-state index contributed by atoms with van der Waals surface area (Å²) in [7, 11) is 4.23. The molecular weight excluding hydrogens is 458 g/mol. The van der Waals surface area contributed by atoms with E-state index in [1.54, 1.807) is 48.5 Å². The van der Waals surface area contributed by atoms with E-state index in [-0.39, 0.29) is 22.3 Å². The minimum atomic E-state index is -1.25. The van der Waals surface area contributed by atoms with E-state index in [9.17, 15) is 19.6 Å². The molecule has 0 radical (unpaired) electrons. The molecule has 0 saturated heterocycles. The average Bonchev–Trinajstić information content (AvgIpc) is 2.86. The number of ether oxygens (including phenoxy) is 3. The molecule has 0 bridgehead atoms. The van der Waals surface area contributed by atoms with Crippen molar-refractivity contribution in [3.8, 4) is 17.6 Å². The first kappa shape index (κ1) is 24.7. The Labute approximate surface area is 201 Å². The van der Waals surface area contributed by atoms with Crippen LogP contribution < -0.4 is 20.1 Å². The van der Waals surface area contributed by atoms with Crippen LogP contribution in [0.15, 0.2) is 59.1 Å². The lowest BCUT2D eigenvalue weighted by Gasteiger charge is -2.31. The van der Waals surface area contributed by atoms with Crippen molar-refractivity contribution in [1.29, 1.82) is 5.26 Å². The highest BCUT2D eigenvalue weighted by Gasteiger charge is 2.44. The SMILES string of the molecule is COC(=O)[C@H]1C(=O)NC(SCC(=O)Nc2cccc(OC)c2)=C(C#N)[C@H]1c1ccc(OC)cc1. The summed E-state index contributed by atoms with van der Waals surface area (Å²) in [6.07, 6.45) is 0. The van der Waals surface area contributed by atoms with E-state index in [0.717, 1.165) is 11.8 Å². The summed E-state index contributed by atoms with van der Waals surface area (Å²) >= 11 is 1.00. The second kappa shape index (κ2) is 11.2. The van der Waals surface area contributed by atoms with Crippen LogP contribution in [0, 0.1) is 17.2 Å². The molecule has 9 nitrogen and oxygen atoms in total. The van der Waals surface area contributed by atoms with E-state index in [0.29, 0.717) is 22.7 Å². The molecule has 0 spiro atoms. The minimum Gasteiger partial charge on any atom is -0.497 e. The zero-order chi connectivity index (χ0) is 24.7. The van der Waals surface area contributed by atoms with Crippen molar-refractivity contribution < 1.29 is 28.6 Å². The Kier molecular flexibility index (Phi) is 8.16.